The van der Waals surface area contributed by atoms with E-state index in [1.165, 1.54) is 25.7 Å². The van der Waals surface area contributed by atoms with E-state index in [1.54, 1.807) is 0 Å². The Labute approximate surface area is 239 Å². The van der Waals surface area contributed by atoms with Gasteiger partial charge in [0.05, 0.1) is 22.4 Å². The molecule has 3 rings (SSSR count). The highest BCUT2D eigenvalue weighted by Crippen LogP contribution is 2.38. The fraction of sp³-hybridized carbons (Fsp3) is 0.774. The van der Waals surface area contributed by atoms with E-state index >= 15 is 0 Å². The summed E-state index contributed by atoms with van der Waals surface area (Å²) >= 11 is 0. The minimum atomic E-state index is -0.577. The highest BCUT2D eigenvalue weighted by Gasteiger charge is 2.54. The van der Waals surface area contributed by atoms with Gasteiger partial charge in [-0.15, -0.1) is 0 Å². The van der Waals surface area contributed by atoms with Gasteiger partial charge in [-0.2, -0.15) is 0 Å². The number of carbonyl (C=O) groups is 1. The molecule has 1 amide bonds. The molecule has 8 heteroatoms. The summed E-state index contributed by atoms with van der Waals surface area (Å²) < 4.78 is 25.6. The van der Waals surface area contributed by atoms with Gasteiger partial charge in [0.2, 0.25) is 0 Å². The van der Waals surface area contributed by atoms with Crippen molar-refractivity contribution in [2.75, 3.05) is 13.1 Å². The summed E-state index contributed by atoms with van der Waals surface area (Å²) in [5.74, 6) is 0.0548. The SMILES string of the molecule is CCCCCCN(CCCCCC)C(=O)c1cc(B2OC(C)(C)C(C)(C)O2)cc(B2OC(C)(C)C(C)(C)O2)c1. The van der Waals surface area contributed by atoms with Crippen LogP contribution in [0, 0.1) is 0 Å². The predicted molar refractivity (Wildman–Crippen MR) is 162 cm³/mol. The maximum absolute atomic E-state index is 14.1. The Bertz CT molecular complexity index is 879. The third-order valence-electron chi connectivity index (χ3n) is 9.13. The van der Waals surface area contributed by atoms with Crippen LogP contribution < -0.4 is 10.9 Å². The summed E-state index contributed by atoms with van der Waals surface area (Å²) in [5.41, 5.74) is 0.360. The minimum absolute atomic E-state index is 0.0548. The number of hydrogen-bond donors (Lipinski definition) is 0. The van der Waals surface area contributed by atoms with Gasteiger partial charge in [0.15, 0.2) is 0 Å². The molecule has 0 spiro atoms. The molecule has 0 bridgehead atoms. The van der Waals surface area contributed by atoms with Crippen molar-refractivity contribution in [1.29, 1.82) is 0 Å². The van der Waals surface area contributed by atoms with Crippen molar-refractivity contribution in [3.8, 4) is 0 Å². The molecule has 0 N–H and O–H groups in total. The molecule has 0 aliphatic carbocycles. The Morgan fingerprint density at radius 3 is 1.31 bits per heavy atom. The molecule has 1 aromatic rings. The molecule has 2 aliphatic rings. The second-order valence-electron chi connectivity index (χ2n) is 13.5. The zero-order chi connectivity index (χ0) is 29.1. The van der Waals surface area contributed by atoms with Crippen molar-refractivity contribution < 1.29 is 23.4 Å². The maximum Gasteiger partial charge on any atom is 0.494 e. The summed E-state index contributed by atoms with van der Waals surface area (Å²) in [5, 5.41) is 0. The summed E-state index contributed by atoms with van der Waals surface area (Å²) in [6.45, 7) is 22.4. The Morgan fingerprint density at radius 1 is 0.615 bits per heavy atom. The number of amides is 1. The Hall–Kier alpha value is -1.34. The molecule has 2 saturated heterocycles. The van der Waals surface area contributed by atoms with Gasteiger partial charge in [-0.05, 0) is 91.3 Å². The van der Waals surface area contributed by atoms with Crippen LogP contribution in [0.4, 0.5) is 0 Å². The first-order valence-corrected chi connectivity index (χ1v) is 15.3. The lowest BCUT2D eigenvalue weighted by Crippen LogP contribution is -2.43. The molecule has 0 aromatic heterocycles. The summed E-state index contributed by atoms with van der Waals surface area (Å²) in [7, 11) is -1.15. The van der Waals surface area contributed by atoms with Gasteiger partial charge in [0.25, 0.3) is 5.91 Å². The minimum Gasteiger partial charge on any atom is -0.399 e. The van der Waals surface area contributed by atoms with E-state index in [0.717, 1.165) is 49.7 Å². The summed E-state index contributed by atoms with van der Waals surface area (Å²) in [6.07, 6.45) is 9.08. The number of rotatable bonds is 13. The molecule has 2 heterocycles. The standard InChI is InChI=1S/C31H53B2NO5/c1-11-13-15-17-19-34(20-18-16-14-12-2)27(35)24-21-25(32-36-28(3,4)29(5,6)37-32)23-26(22-24)33-38-30(7,8)31(9,10)39-33/h21-23H,11-20H2,1-10H3. The van der Waals surface area contributed by atoms with E-state index in [-0.39, 0.29) is 5.91 Å². The van der Waals surface area contributed by atoms with Gasteiger partial charge in [0.1, 0.15) is 0 Å². The largest absolute Gasteiger partial charge is 0.494 e. The van der Waals surface area contributed by atoms with Crippen molar-refractivity contribution in [2.45, 2.75) is 143 Å². The molecule has 0 atom stereocenters. The van der Waals surface area contributed by atoms with Crippen LogP contribution in [0.2, 0.25) is 0 Å². The van der Waals surface area contributed by atoms with Crippen molar-refractivity contribution in [2.24, 2.45) is 0 Å². The average molecular weight is 541 g/mol. The molecule has 0 saturated carbocycles. The maximum atomic E-state index is 14.1. The molecule has 0 unspecified atom stereocenters. The van der Waals surface area contributed by atoms with E-state index in [4.69, 9.17) is 18.6 Å². The second-order valence-corrected chi connectivity index (χ2v) is 13.5. The van der Waals surface area contributed by atoms with Crippen molar-refractivity contribution in [1.82, 2.24) is 4.90 Å². The zero-order valence-corrected chi connectivity index (χ0v) is 26.4. The van der Waals surface area contributed by atoms with Crippen LogP contribution in [-0.4, -0.2) is 60.5 Å². The number of carbonyl (C=O) groups excluding carboxylic acids is 1. The molecule has 2 fully saturated rings. The first-order chi connectivity index (χ1) is 18.1. The van der Waals surface area contributed by atoms with Crippen LogP contribution in [-0.2, 0) is 18.6 Å². The van der Waals surface area contributed by atoms with E-state index in [1.807, 2.05) is 78.5 Å². The number of hydrogen-bond acceptors (Lipinski definition) is 5. The molecule has 39 heavy (non-hydrogen) atoms. The molecule has 6 nitrogen and oxygen atoms in total. The summed E-state index contributed by atoms with van der Waals surface area (Å²) in [6, 6.07) is 5.92. The van der Waals surface area contributed by atoms with Gasteiger partial charge in [-0.25, -0.2) is 0 Å². The topological polar surface area (TPSA) is 57.2 Å². The lowest BCUT2D eigenvalue weighted by atomic mass is 9.71. The Kier molecular flexibility index (Phi) is 10.5. The van der Waals surface area contributed by atoms with Gasteiger partial charge in [-0.1, -0.05) is 58.4 Å². The van der Waals surface area contributed by atoms with Gasteiger partial charge in [-0.3, -0.25) is 4.79 Å². The van der Waals surface area contributed by atoms with Crippen LogP contribution in [0.1, 0.15) is 131 Å². The monoisotopic (exact) mass is 541 g/mol. The molecule has 1 aromatic carbocycles. The summed E-state index contributed by atoms with van der Waals surface area (Å²) in [4.78, 5) is 16.1. The quantitative estimate of drug-likeness (QED) is 0.230. The predicted octanol–water partition coefficient (Wildman–Crippen LogP) is 5.89. The van der Waals surface area contributed by atoms with Crippen molar-refractivity contribution in [3.05, 3.63) is 23.8 Å². The van der Waals surface area contributed by atoms with E-state index < -0.39 is 36.6 Å². The van der Waals surface area contributed by atoms with Crippen LogP contribution in [0.25, 0.3) is 0 Å². The smallest absolute Gasteiger partial charge is 0.399 e. The van der Waals surface area contributed by atoms with E-state index in [0.29, 0.717) is 5.56 Å². The third kappa shape index (κ3) is 7.49. The van der Waals surface area contributed by atoms with Crippen molar-refractivity contribution >= 4 is 31.1 Å². The van der Waals surface area contributed by atoms with Crippen LogP contribution >= 0.6 is 0 Å². The normalized spacial score (nSPS) is 21.0. The van der Waals surface area contributed by atoms with Gasteiger partial charge >= 0.3 is 14.2 Å². The van der Waals surface area contributed by atoms with Crippen LogP contribution in [0.5, 0.6) is 0 Å². The highest BCUT2D eigenvalue weighted by molar-refractivity contribution is 6.66. The van der Waals surface area contributed by atoms with Gasteiger partial charge < -0.3 is 23.5 Å². The molecular weight excluding hydrogens is 488 g/mol. The molecule has 2 aliphatic heterocycles. The van der Waals surface area contributed by atoms with Crippen LogP contribution in [0.3, 0.4) is 0 Å². The number of nitrogens with zero attached hydrogens (tertiary/aromatic N) is 1. The Balaban J connectivity index is 1.96. The third-order valence-corrected chi connectivity index (χ3v) is 9.13. The lowest BCUT2D eigenvalue weighted by Gasteiger charge is -2.32. The lowest BCUT2D eigenvalue weighted by molar-refractivity contribution is 0.00578. The van der Waals surface area contributed by atoms with Crippen molar-refractivity contribution in [3.63, 3.8) is 0 Å². The Morgan fingerprint density at radius 2 is 0.974 bits per heavy atom. The molecule has 0 radical (unpaired) electrons. The fourth-order valence-corrected chi connectivity index (χ4v) is 4.99. The van der Waals surface area contributed by atoms with Crippen LogP contribution in [0.15, 0.2) is 18.2 Å². The second kappa shape index (κ2) is 12.7. The number of unbranched alkanes of at least 4 members (excludes halogenated alkanes) is 6. The average Bonchev–Trinajstić information content (AvgIpc) is 3.21. The van der Waals surface area contributed by atoms with E-state index in [9.17, 15) is 4.79 Å². The first kappa shape index (κ1) is 32.2. The molecule has 218 valence electrons. The first-order valence-electron chi connectivity index (χ1n) is 15.3. The highest BCUT2D eigenvalue weighted by atomic mass is 16.7. The zero-order valence-electron chi connectivity index (χ0n) is 26.4. The number of benzene rings is 1. The molecular formula is C31H53B2NO5. The van der Waals surface area contributed by atoms with E-state index in [2.05, 4.69) is 13.8 Å². The van der Waals surface area contributed by atoms with Gasteiger partial charge in [0, 0.05) is 18.7 Å². The fourth-order valence-electron chi connectivity index (χ4n) is 4.99.